The van der Waals surface area contributed by atoms with E-state index in [-0.39, 0.29) is 5.91 Å². The molecule has 0 saturated heterocycles. The zero-order chi connectivity index (χ0) is 20.4. The molecule has 0 spiro atoms. The number of carbonyl (C=O) groups excluding carboxylic acids is 1. The zero-order valence-corrected chi connectivity index (χ0v) is 17.1. The van der Waals surface area contributed by atoms with Crippen molar-refractivity contribution >= 4 is 21.6 Å². The van der Waals surface area contributed by atoms with Crippen LogP contribution in [0.5, 0.6) is 11.5 Å². The van der Waals surface area contributed by atoms with Gasteiger partial charge in [-0.25, -0.2) is 8.42 Å². The molecule has 0 saturated carbocycles. The highest BCUT2D eigenvalue weighted by atomic mass is 32.2. The number of amides is 1. The first-order chi connectivity index (χ1) is 13.9. The van der Waals surface area contributed by atoms with Crippen LogP contribution in [0, 0.1) is 0 Å². The van der Waals surface area contributed by atoms with Crippen molar-refractivity contribution in [3.05, 3.63) is 53.1 Å². The van der Waals surface area contributed by atoms with Gasteiger partial charge in [-0.05, 0) is 60.7 Å². The quantitative estimate of drug-likeness (QED) is 0.807. The molecule has 2 aromatic rings. The molecule has 29 heavy (non-hydrogen) atoms. The Labute approximate surface area is 170 Å². The summed E-state index contributed by atoms with van der Waals surface area (Å²) in [5, 5.41) is 2.93. The van der Waals surface area contributed by atoms with Gasteiger partial charge in [-0.3, -0.25) is 9.10 Å². The van der Waals surface area contributed by atoms with Crippen LogP contribution >= 0.6 is 0 Å². The van der Waals surface area contributed by atoms with E-state index in [2.05, 4.69) is 5.32 Å². The van der Waals surface area contributed by atoms with Crippen molar-refractivity contribution in [2.45, 2.75) is 19.3 Å². The average molecular weight is 416 g/mol. The third-order valence-electron chi connectivity index (χ3n) is 5.12. The smallest absolute Gasteiger partial charge is 0.251 e. The number of nitrogens with zero attached hydrogens (tertiary/aromatic N) is 1. The van der Waals surface area contributed by atoms with Crippen molar-refractivity contribution in [2.75, 3.05) is 36.9 Å². The number of anilines is 1. The maximum absolute atomic E-state index is 12.5. The summed E-state index contributed by atoms with van der Waals surface area (Å²) in [5.41, 5.74) is 3.16. The van der Waals surface area contributed by atoms with Crippen molar-refractivity contribution in [3.8, 4) is 11.5 Å². The van der Waals surface area contributed by atoms with Gasteiger partial charge in [0.2, 0.25) is 10.0 Å². The summed E-state index contributed by atoms with van der Waals surface area (Å²) >= 11 is 0. The van der Waals surface area contributed by atoms with Crippen molar-refractivity contribution in [1.29, 1.82) is 0 Å². The van der Waals surface area contributed by atoms with Gasteiger partial charge in [-0.1, -0.05) is 6.07 Å². The highest BCUT2D eigenvalue weighted by molar-refractivity contribution is 7.92. The number of hydrogen-bond acceptors (Lipinski definition) is 5. The maximum Gasteiger partial charge on any atom is 0.251 e. The molecular formula is C21H24N2O5S. The molecule has 0 aromatic heterocycles. The fraction of sp³-hybridized carbons (Fsp3) is 0.381. The summed E-state index contributed by atoms with van der Waals surface area (Å²) in [7, 11) is -3.31. The number of sulfonamides is 1. The molecule has 0 atom stereocenters. The second kappa shape index (κ2) is 7.94. The van der Waals surface area contributed by atoms with Crippen molar-refractivity contribution in [3.63, 3.8) is 0 Å². The van der Waals surface area contributed by atoms with E-state index >= 15 is 0 Å². The number of rotatable bonds is 5. The second-order valence-corrected chi connectivity index (χ2v) is 9.17. The Kier molecular flexibility index (Phi) is 5.36. The summed E-state index contributed by atoms with van der Waals surface area (Å²) in [6.07, 6.45) is 3.39. The van der Waals surface area contributed by atoms with E-state index in [1.807, 2.05) is 18.2 Å². The van der Waals surface area contributed by atoms with Crippen LogP contribution in [0.1, 0.15) is 27.9 Å². The number of aryl methyl sites for hydroxylation is 1. The van der Waals surface area contributed by atoms with E-state index in [4.69, 9.17) is 9.47 Å². The van der Waals surface area contributed by atoms with Gasteiger partial charge in [0.25, 0.3) is 5.91 Å². The Bertz CT molecular complexity index is 1040. The van der Waals surface area contributed by atoms with Crippen LogP contribution in [0.4, 0.5) is 5.69 Å². The summed E-state index contributed by atoms with van der Waals surface area (Å²) in [4.78, 5) is 12.5. The van der Waals surface area contributed by atoms with Crippen LogP contribution < -0.4 is 19.1 Å². The molecule has 1 N–H and O–H groups in total. The van der Waals surface area contributed by atoms with Gasteiger partial charge in [-0.15, -0.1) is 0 Å². The predicted molar refractivity (Wildman–Crippen MR) is 110 cm³/mol. The molecule has 154 valence electrons. The van der Waals surface area contributed by atoms with Crippen LogP contribution in [0.2, 0.25) is 0 Å². The zero-order valence-electron chi connectivity index (χ0n) is 16.3. The molecule has 0 aliphatic carbocycles. The highest BCUT2D eigenvalue weighted by Crippen LogP contribution is 2.31. The molecule has 2 aliphatic rings. The number of hydrogen-bond donors (Lipinski definition) is 1. The van der Waals surface area contributed by atoms with E-state index in [9.17, 15) is 13.2 Å². The summed E-state index contributed by atoms with van der Waals surface area (Å²) in [6.45, 7) is 2.07. The molecule has 8 heteroatoms. The lowest BCUT2D eigenvalue weighted by molar-refractivity contribution is 0.0954. The van der Waals surface area contributed by atoms with E-state index in [0.29, 0.717) is 44.0 Å². The standard InChI is InChI=1S/C21H24N2O5S/c1-29(25,26)23-10-2-3-16-14-17(5-6-18(16)23)21(24)22-9-8-15-4-7-19-20(13-15)28-12-11-27-19/h4-7,13-14H,2-3,8-12H2,1H3,(H,22,24). The van der Waals surface area contributed by atoms with Crippen LogP contribution in [0.3, 0.4) is 0 Å². The Morgan fingerprint density at radius 1 is 1.10 bits per heavy atom. The van der Waals surface area contributed by atoms with Crippen molar-refractivity contribution in [1.82, 2.24) is 5.32 Å². The maximum atomic E-state index is 12.5. The monoisotopic (exact) mass is 416 g/mol. The Morgan fingerprint density at radius 2 is 1.90 bits per heavy atom. The van der Waals surface area contributed by atoms with Gasteiger partial charge in [0, 0.05) is 18.7 Å². The predicted octanol–water partition coefficient (Wildman–Crippen LogP) is 2.14. The van der Waals surface area contributed by atoms with Crippen molar-refractivity contribution in [2.24, 2.45) is 0 Å². The molecule has 2 aromatic carbocycles. The molecule has 4 rings (SSSR count). The van der Waals surface area contributed by atoms with Crippen LogP contribution in [0.15, 0.2) is 36.4 Å². The summed E-state index contributed by atoms with van der Waals surface area (Å²) in [6, 6.07) is 11.0. The van der Waals surface area contributed by atoms with Gasteiger partial charge in [0.15, 0.2) is 11.5 Å². The fourth-order valence-corrected chi connectivity index (χ4v) is 4.71. The molecule has 0 radical (unpaired) electrons. The minimum absolute atomic E-state index is 0.165. The van der Waals surface area contributed by atoms with Gasteiger partial charge < -0.3 is 14.8 Å². The fourth-order valence-electron chi connectivity index (χ4n) is 3.71. The Balaban J connectivity index is 1.39. The summed E-state index contributed by atoms with van der Waals surface area (Å²) in [5.74, 6) is 1.33. The molecule has 2 heterocycles. The number of fused-ring (bicyclic) bond motifs is 2. The van der Waals surface area contributed by atoms with E-state index in [0.717, 1.165) is 35.5 Å². The average Bonchev–Trinajstić information content (AvgIpc) is 2.72. The lowest BCUT2D eigenvalue weighted by atomic mass is 10.0. The highest BCUT2D eigenvalue weighted by Gasteiger charge is 2.24. The first-order valence-corrected chi connectivity index (χ1v) is 11.5. The lowest BCUT2D eigenvalue weighted by Crippen LogP contribution is -2.34. The molecule has 0 bridgehead atoms. The number of nitrogens with one attached hydrogen (secondary N) is 1. The molecular weight excluding hydrogens is 392 g/mol. The largest absolute Gasteiger partial charge is 0.486 e. The molecule has 0 fully saturated rings. The minimum atomic E-state index is -3.31. The molecule has 0 unspecified atom stereocenters. The van der Waals surface area contributed by atoms with E-state index in [1.165, 1.54) is 10.6 Å². The molecule has 2 aliphatic heterocycles. The topological polar surface area (TPSA) is 84.9 Å². The van der Waals surface area contributed by atoms with Crippen molar-refractivity contribution < 1.29 is 22.7 Å². The summed E-state index contributed by atoms with van der Waals surface area (Å²) < 4.78 is 36.4. The minimum Gasteiger partial charge on any atom is -0.486 e. The molecule has 7 nitrogen and oxygen atoms in total. The Morgan fingerprint density at radius 3 is 2.69 bits per heavy atom. The van der Waals surface area contributed by atoms with Crippen LogP contribution in [0.25, 0.3) is 0 Å². The van der Waals surface area contributed by atoms with E-state index in [1.54, 1.807) is 18.2 Å². The van der Waals surface area contributed by atoms with Gasteiger partial charge in [-0.2, -0.15) is 0 Å². The third kappa shape index (κ3) is 4.32. The van der Waals surface area contributed by atoms with Gasteiger partial charge in [0.1, 0.15) is 13.2 Å². The number of carbonyl (C=O) groups is 1. The van der Waals surface area contributed by atoms with Gasteiger partial charge in [0.05, 0.1) is 11.9 Å². The first-order valence-electron chi connectivity index (χ1n) is 9.69. The molecule has 1 amide bonds. The van der Waals surface area contributed by atoms with E-state index < -0.39 is 10.0 Å². The lowest BCUT2D eigenvalue weighted by Gasteiger charge is -2.29. The number of benzene rings is 2. The first kappa shape index (κ1) is 19.6. The van der Waals surface area contributed by atoms with Crippen LogP contribution in [-0.2, 0) is 22.9 Å². The second-order valence-electron chi connectivity index (χ2n) is 7.27. The third-order valence-corrected chi connectivity index (χ3v) is 6.30. The van der Waals surface area contributed by atoms with Crippen LogP contribution in [-0.4, -0.2) is 46.9 Å². The van der Waals surface area contributed by atoms with Gasteiger partial charge >= 0.3 is 0 Å². The SMILES string of the molecule is CS(=O)(=O)N1CCCc2cc(C(=O)NCCc3ccc4c(c3)OCCO4)ccc21. The number of ether oxygens (including phenoxy) is 2. The Hall–Kier alpha value is -2.74. The normalized spacial score (nSPS) is 15.6.